The summed E-state index contributed by atoms with van der Waals surface area (Å²) in [4.78, 5) is 23.7. The molecule has 160 valence electrons. The Morgan fingerprint density at radius 3 is 2.58 bits per heavy atom. The van der Waals surface area contributed by atoms with Crippen LogP contribution >= 0.6 is 11.6 Å². The van der Waals surface area contributed by atoms with Gasteiger partial charge in [0.25, 0.3) is 5.91 Å². The number of halogens is 1. The van der Waals surface area contributed by atoms with Crippen molar-refractivity contribution in [1.82, 2.24) is 15.3 Å². The van der Waals surface area contributed by atoms with Crippen LogP contribution in [0.15, 0.2) is 60.8 Å². The molecule has 1 fully saturated rings. The lowest BCUT2D eigenvalue weighted by molar-refractivity contribution is 0.0931. The standard InChI is InChI=1S/C23H24ClN5O2/c1-31-20-5-3-2-4-19(20)27-21-10-13-25-23(28-21)29-14-11-18(12-15-29)26-22(30)16-6-8-17(24)9-7-16/h2-10,13,18H,11-12,14-15H2,1H3,(H,26,30)(H,25,27,28). The summed E-state index contributed by atoms with van der Waals surface area (Å²) in [5.74, 6) is 2.05. The minimum atomic E-state index is -0.0747. The Morgan fingerprint density at radius 1 is 1.10 bits per heavy atom. The van der Waals surface area contributed by atoms with Crippen molar-refractivity contribution in [3.05, 3.63) is 71.4 Å². The average Bonchev–Trinajstić information content (AvgIpc) is 2.80. The van der Waals surface area contributed by atoms with Crippen LogP contribution in [0, 0.1) is 0 Å². The number of carbonyl (C=O) groups is 1. The number of nitrogens with zero attached hydrogens (tertiary/aromatic N) is 3. The molecule has 2 N–H and O–H groups in total. The number of ether oxygens (including phenoxy) is 1. The molecule has 1 saturated heterocycles. The number of piperidine rings is 1. The maximum Gasteiger partial charge on any atom is 0.251 e. The van der Waals surface area contributed by atoms with Crippen molar-refractivity contribution in [2.24, 2.45) is 0 Å². The summed E-state index contributed by atoms with van der Waals surface area (Å²) in [6, 6.07) is 16.6. The van der Waals surface area contributed by atoms with Gasteiger partial charge in [0.2, 0.25) is 5.95 Å². The van der Waals surface area contributed by atoms with Gasteiger partial charge < -0.3 is 20.3 Å². The molecule has 0 aliphatic carbocycles. The van der Waals surface area contributed by atoms with Crippen molar-refractivity contribution in [3.63, 3.8) is 0 Å². The van der Waals surface area contributed by atoms with Gasteiger partial charge in [-0.05, 0) is 55.3 Å². The van der Waals surface area contributed by atoms with Gasteiger partial charge >= 0.3 is 0 Å². The third-order valence-electron chi connectivity index (χ3n) is 5.23. The van der Waals surface area contributed by atoms with Gasteiger partial charge in [0.1, 0.15) is 11.6 Å². The van der Waals surface area contributed by atoms with Gasteiger partial charge in [-0.15, -0.1) is 0 Å². The Morgan fingerprint density at radius 2 is 1.84 bits per heavy atom. The van der Waals surface area contributed by atoms with Crippen LogP contribution in [0.5, 0.6) is 5.75 Å². The summed E-state index contributed by atoms with van der Waals surface area (Å²) in [7, 11) is 1.64. The van der Waals surface area contributed by atoms with Crippen molar-refractivity contribution in [1.29, 1.82) is 0 Å². The second-order valence-corrected chi connectivity index (χ2v) is 7.75. The minimum Gasteiger partial charge on any atom is -0.495 e. The molecular weight excluding hydrogens is 414 g/mol. The molecule has 7 nitrogen and oxygen atoms in total. The first-order valence-electron chi connectivity index (χ1n) is 10.2. The van der Waals surface area contributed by atoms with E-state index in [4.69, 9.17) is 16.3 Å². The number of para-hydroxylation sites is 2. The first-order chi connectivity index (χ1) is 15.1. The fourth-order valence-electron chi connectivity index (χ4n) is 3.55. The van der Waals surface area contributed by atoms with E-state index in [1.165, 1.54) is 0 Å². The van der Waals surface area contributed by atoms with Gasteiger partial charge in [0, 0.05) is 35.9 Å². The number of carbonyl (C=O) groups excluding carboxylic acids is 1. The van der Waals surface area contributed by atoms with E-state index < -0.39 is 0 Å². The minimum absolute atomic E-state index is 0.0747. The topological polar surface area (TPSA) is 79.4 Å². The number of amides is 1. The molecule has 0 atom stereocenters. The van der Waals surface area contributed by atoms with E-state index in [2.05, 4.69) is 25.5 Å². The van der Waals surface area contributed by atoms with Crippen molar-refractivity contribution in [3.8, 4) is 5.75 Å². The van der Waals surface area contributed by atoms with Crippen LogP contribution in [0.1, 0.15) is 23.2 Å². The lowest BCUT2D eigenvalue weighted by Crippen LogP contribution is -2.45. The number of anilines is 3. The summed E-state index contributed by atoms with van der Waals surface area (Å²) >= 11 is 5.89. The molecule has 1 amide bonds. The fourth-order valence-corrected chi connectivity index (χ4v) is 3.68. The second kappa shape index (κ2) is 9.66. The monoisotopic (exact) mass is 437 g/mol. The third-order valence-corrected chi connectivity index (χ3v) is 5.48. The Labute approximate surface area is 186 Å². The summed E-state index contributed by atoms with van der Waals surface area (Å²) < 4.78 is 5.39. The highest BCUT2D eigenvalue weighted by Crippen LogP contribution is 2.27. The maximum atomic E-state index is 12.4. The van der Waals surface area contributed by atoms with Crippen LogP contribution in [-0.2, 0) is 0 Å². The van der Waals surface area contributed by atoms with E-state index >= 15 is 0 Å². The van der Waals surface area contributed by atoms with Crippen molar-refractivity contribution < 1.29 is 9.53 Å². The van der Waals surface area contributed by atoms with Crippen LogP contribution < -0.4 is 20.3 Å². The highest BCUT2D eigenvalue weighted by molar-refractivity contribution is 6.30. The molecule has 1 aromatic heterocycles. The van der Waals surface area contributed by atoms with Crippen LogP contribution in [0.4, 0.5) is 17.5 Å². The molecule has 2 aromatic carbocycles. The molecule has 0 saturated carbocycles. The van der Waals surface area contributed by atoms with E-state index in [0.717, 1.165) is 37.4 Å². The van der Waals surface area contributed by atoms with E-state index in [1.807, 2.05) is 30.3 Å². The highest BCUT2D eigenvalue weighted by atomic mass is 35.5. The Balaban J connectivity index is 1.35. The molecule has 1 aliphatic heterocycles. The van der Waals surface area contributed by atoms with E-state index in [1.54, 1.807) is 37.6 Å². The first kappa shape index (κ1) is 20.9. The van der Waals surface area contributed by atoms with Gasteiger partial charge in [-0.2, -0.15) is 4.98 Å². The summed E-state index contributed by atoms with van der Waals surface area (Å²) in [6.45, 7) is 1.54. The van der Waals surface area contributed by atoms with E-state index in [0.29, 0.717) is 22.4 Å². The molecule has 0 bridgehead atoms. The Hall–Kier alpha value is -3.32. The fraction of sp³-hybridized carbons (Fsp3) is 0.261. The summed E-state index contributed by atoms with van der Waals surface area (Å²) in [5, 5.41) is 7.02. The molecule has 0 unspecified atom stereocenters. The summed E-state index contributed by atoms with van der Waals surface area (Å²) in [6.07, 6.45) is 3.40. The molecule has 1 aliphatic rings. The molecule has 0 radical (unpaired) electrons. The predicted molar refractivity (Wildman–Crippen MR) is 122 cm³/mol. The van der Waals surface area contributed by atoms with Gasteiger partial charge in [0.05, 0.1) is 12.8 Å². The molecule has 4 rings (SSSR count). The zero-order chi connectivity index (χ0) is 21.6. The largest absolute Gasteiger partial charge is 0.495 e. The third kappa shape index (κ3) is 5.24. The number of methoxy groups -OCH3 is 1. The van der Waals surface area contributed by atoms with Crippen molar-refractivity contribution in [2.45, 2.75) is 18.9 Å². The Bertz CT molecular complexity index is 1040. The molecule has 2 heterocycles. The average molecular weight is 438 g/mol. The number of aromatic nitrogens is 2. The molecule has 8 heteroatoms. The number of nitrogens with one attached hydrogen (secondary N) is 2. The van der Waals surface area contributed by atoms with Gasteiger partial charge in [-0.1, -0.05) is 23.7 Å². The van der Waals surface area contributed by atoms with Crippen LogP contribution in [0.2, 0.25) is 5.02 Å². The van der Waals surface area contributed by atoms with Crippen LogP contribution in [0.3, 0.4) is 0 Å². The Kier molecular flexibility index (Phi) is 6.52. The van der Waals surface area contributed by atoms with Crippen LogP contribution in [0.25, 0.3) is 0 Å². The van der Waals surface area contributed by atoms with E-state index in [-0.39, 0.29) is 11.9 Å². The highest BCUT2D eigenvalue weighted by Gasteiger charge is 2.23. The number of rotatable bonds is 6. The second-order valence-electron chi connectivity index (χ2n) is 7.31. The van der Waals surface area contributed by atoms with Gasteiger partial charge in [-0.3, -0.25) is 4.79 Å². The lowest BCUT2D eigenvalue weighted by Gasteiger charge is -2.32. The number of hydrogen-bond donors (Lipinski definition) is 2. The van der Waals surface area contributed by atoms with Gasteiger partial charge in [0.15, 0.2) is 0 Å². The number of hydrogen-bond acceptors (Lipinski definition) is 6. The molecule has 0 spiro atoms. The van der Waals surface area contributed by atoms with Crippen LogP contribution in [-0.4, -0.2) is 42.1 Å². The zero-order valence-electron chi connectivity index (χ0n) is 17.2. The molecule has 3 aromatic rings. The summed E-state index contributed by atoms with van der Waals surface area (Å²) in [5.41, 5.74) is 1.46. The zero-order valence-corrected chi connectivity index (χ0v) is 18.0. The van der Waals surface area contributed by atoms with Crippen molar-refractivity contribution >= 4 is 35.0 Å². The quantitative estimate of drug-likeness (QED) is 0.599. The predicted octanol–water partition coefficient (Wildman–Crippen LogP) is 4.28. The van der Waals surface area contributed by atoms with E-state index in [9.17, 15) is 4.79 Å². The normalized spacial score (nSPS) is 14.2. The van der Waals surface area contributed by atoms with Gasteiger partial charge in [-0.25, -0.2) is 4.98 Å². The smallest absolute Gasteiger partial charge is 0.251 e. The number of benzene rings is 2. The molecular formula is C23H24ClN5O2. The SMILES string of the molecule is COc1ccccc1Nc1ccnc(N2CCC(NC(=O)c3ccc(Cl)cc3)CC2)n1. The first-order valence-corrected chi connectivity index (χ1v) is 10.5. The maximum absolute atomic E-state index is 12.4. The molecule has 31 heavy (non-hydrogen) atoms. The lowest BCUT2D eigenvalue weighted by atomic mass is 10.0. The van der Waals surface area contributed by atoms with Crippen molar-refractivity contribution in [2.75, 3.05) is 30.4 Å².